The third-order valence-electron chi connectivity index (χ3n) is 2.03. The molecule has 0 fully saturated rings. The zero-order chi connectivity index (χ0) is 10.4. The summed E-state index contributed by atoms with van der Waals surface area (Å²) in [6.45, 7) is 2.70. The summed E-state index contributed by atoms with van der Waals surface area (Å²) in [5.74, 6) is 0. The van der Waals surface area contributed by atoms with Gasteiger partial charge in [0.2, 0.25) is 0 Å². The Balaban J connectivity index is 2.29. The number of aliphatic hydroxyl groups is 2. The smallest absolute Gasteiger partial charge is 0.111 e. The lowest BCUT2D eigenvalue weighted by Crippen LogP contribution is -1.99. The van der Waals surface area contributed by atoms with Crippen LogP contribution >= 0.6 is 0 Å². The standard InChI is InChI=1S/C9H17N3O2/c1-8(14)9-7-12(11-10-9)5-3-2-4-6-13/h7-8,13-14H,2-6H2,1H3. The van der Waals surface area contributed by atoms with E-state index in [1.54, 1.807) is 17.8 Å². The van der Waals surface area contributed by atoms with Crippen LogP contribution in [0.25, 0.3) is 0 Å². The van der Waals surface area contributed by atoms with Gasteiger partial charge in [-0.1, -0.05) is 5.21 Å². The number of aromatic nitrogens is 3. The fourth-order valence-corrected chi connectivity index (χ4v) is 1.18. The molecular formula is C9H17N3O2. The quantitative estimate of drug-likeness (QED) is 0.654. The van der Waals surface area contributed by atoms with Crippen molar-refractivity contribution < 1.29 is 10.2 Å². The molecule has 5 nitrogen and oxygen atoms in total. The van der Waals surface area contributed by atoms with E-state index in [0.29, 0.717) is 5.69 Å². The molecule has 0 amide bonds. The molecule has 0 aliphatic carbocycles. The minimum absolute atomic E-state index is 0.246. The number of unbranched alkanes of at least 4 members (excludes halogenated alkanes) is 2. The van der Waals surface area contributed by atoms with E-state index in [9.17, 15) is 5.11 Å². The highest BCUT2D eigenvalue weighted by molar-refractivity contribution is 4.95. The van der Waals surface area contributed by atoms with Crippen molar-refractivity contribution >= 4 is 0 Å². The molecule has 0 aliphatic rings. The Kier molecular flexibility index (Phi) is 4.55. The Morgan fingerprint density at radius 1 is 1.43 bits per heavy atom. The number of hydrogen-bond acceptors (Lipinski definition) is 4. The number of hydrogen-bond donors (Lipinski definition) is 2. The Labute approximate surface area is 83.4 Å². The molecule has 0 radical (unpaired) electrons. The molecule has 1 unspecified atom stereocenters. The predicted molar refractivity (Wildman–Crippen MR) is 51.6 cm³/mol. The van der Waals surface area contributed by atoms with Crippen LogP contribution < -0.4 is 0 Å². The summed E-state index contributed by atoms with van der Waals surface area (Å²) < 4.78 is 1.72. The largest absolute Gasteiger partial charge is 0.396 e. The topological polar surface area (TPSA) is 71.2 Å². The lowest BCUT2D eigenvalue weighted by atomic mass is 10.2. The number of nitrogens with zero attached hydrogens (tertiary/aromatic N) is 3. The van der Waals surface area contributed by atoms with Crippen molar-refractivity contribution in [1.29, 1.82) is 0 Å². The number of rotatable bonds is 6. The Hall–Kier alpha value is -0.940. The molecule has 1 aromatic heterocycles. The summed E-state index contributed by atoms with van der Waals surface area (Å²) in [6.07, 6.45) is 3.99. The van der Waals surface area contributed by atoms with E-state index in [1.165, 1.54) is 0 Å². The van der Waals surface area contributed by atoms with Gasteiger partial charge in [0.25, 0.3) is 0 Å². The molecule has 1 rings (SSSR count). The van der Waals surface area contributed by atoms with Gasteiger partial charge in [0.1, 0.15) is 5.69 Å². The fraction of sp³-hybridized carbons (Fsp3) is 0.778. The second-order valence-electron chi connectivity index (χ2n) is 3.37. The predicted octanol–water partition coefficient (Wildman–Crippen LogP) is 0.494. The van der Waals surface area contributed by atoms with Crippen LogP contribution in [0.3, 0.4) is 0 Å². The van der Waals surface area contributed by atoms with Crippen molar-refractivity contribution in [2.24, 2.45) is 0 Å². The van der Waals surface area contributed by atoms with Crippen molar-refractivity contribution in [1.82, 2.24) is 15.0 Å². The fourth-order valence-electron chi connectivity index (χ4n) is 1.18. The third kappa shape index (κ3) is 3.43. The van der Waals surface area contributed by atoms with E-state index >= 15 is 0 Å². The van der Waals surface area contributed by atoms with Crippen LogP contribution in [0.2, 0.25) is 0 Å². The van der Waals surface area contributed by atoms with Gasteiger partial charge in [-0.25, -0.2) is 0 Å². The highest BCUT2D eigenvalue weighted by Crippen LogP contribution is 2.07. The minimum Gasteiger partial charge on any atom is -0.396 e. The van der Waals surface area contributed by atoms with E-state index < -0.39 is 6.10 Å². The minimum atomic E-state index is -0.554. The normalized spacial score (nSPS) is 13.1. The number of aryl methyl sites for hydroxylation is 1. The molecule has 0 aromatic carbocycles. The van der Waals surface area contributed by atoms with Crippen LogP contribution in [0.1, 0.15) is 38.0 Å². The first-order valence-corrected chi connectivity index (χ1v) is 4.93. The van der Waals surface area contributed by atoms with E-state index in [2.05, 4.69) is 10.3 Å². The average molecular weight is 199 g/mol. The maximum atomic E-state index is 9.20. The molecule has 14 heavy (non-hydrogen) atoms. The molecule has 1 atom stereocenters. The van der Waals surface area contributed by atoms with Gasteiger partial charge < -0.3 is 10.2 Å². The summed E-state index contributed by atoms with van der Waals surface area (Å²) in [4.78, 5) is 0. The Bertz CT molecular complexity index is 260. The third-order valence-corrected chi connectivity index (χ3v) is 2.03. The van der Waals surface area contributed by atoms with Crippen molar-refractivity contribution in [2.45, 2.75) is 38.8 Å². The number of aliphatic hydroxyl groups excluding tert-OH is 2. The highest BCUT2D eigenvalue weighted by Gasteiger charge is 2.05. The zero-order valence-corrected chi connectivity index (χ0v) is 8.43. The summed E-state index contributed by atoms with van der Waals surface area (Å²) in [5, 5.41) is 25.5. The van der Waals surface area contributed by atoms with Gasteiger partial charge in [0.05, 0.1) is 12.3 Å². The van der Waals surface area contributed by atoms with Crippen LogP contribution in [0, 0.1) is 0 Å². The summed E-state index contributed by atoms with van der Waals surface area (Å²) in [6, 6.07) is 0. The lowest BCUT2D eigenvalue weighted by Gasteiger charge is -1.99. The molecule has 0 saturated carbocycles. The first-order chi connectivity index (χ1) is 6.74. The summed E-state index contributed by atoms with van der Waals surface area (Å²) in [7, 11) is 0. The van der Waals surface area contributed by atoms with Gasteiger partial charge in [-0.2, -0.15) is 0 Å². The zero-order valence-electron chi connectivity index (χ0n) is 8.43. The van der Waals surface area contributed by atoms with Gasteiger partial charge in [-0.05, 0) is 26.2 Å². The summed E-state index contributed by atoms with van der Waals surface area (Å²) >= 11 is 0. The van der Waals surface area contributed by atoms with E-state index in [1.807, 2.05) is 0 Å². The van der Waals surface area contributed by atoms with Gasteiger partial charge >= 0.3 is 0 Å². The molecule has 0 spiro atoms. The maximum Gasteiger partial charge on any atom is 0.111 e. The van der Waals surface area contributed by atoms with Gasteiger partial charge in [-0.15, -0.1) is 5.10 Å². The molecule has 0 saturated heterocycles. The molecular weight excluding hydrogens is 182 g/mol. The molecule has 0 bridgehead atoms. The second-order valence-corrected chi connectivity index (χ2v) is 3.37. The van der Waals surface area contributed by atoms with E-state index in [0.717, 1.165) is 25.8 Å². The Morgan fingerprint density at radius 2 is 2.21 bits per heavy atom. The molecule has 5 heteroatoms. The second kappa shape index (κ2) is 5.72. The van der Waals surface area contributed by atoms with Crippen molar-refractivity contribution in [2.75, 3.05) is 6.61 Å². The van der Waals surface area contributed by atoms with Crippen LogP contribution in [-0.4, -0.2) is 31.8 Å². The molecule has 2 N–H and O–H groups in total. The van der Waals surface area contributed by atoms with Crippen molar-refractivity contribution in [3.05, 3.63) is 11.9 Å². The van der Waals surface area contributed by atoms with Crippen molar-refractivity contribution in [3.63, 3.8) is 0 Å². The molecule has 80 valence electrons. The first kappa shape index (κ1) is 11.1. The van der Waals surface area contributed by atoms with Crippen LogP contribution in [-0.2, 0) is 6.54 Å². The average Bonchev–Trinajstić information content (AvgIpc) is 2.61. The SMILES string of the molecule is CC(O)c1cn(CCCCCO)nn1. The Morgan fingerprint density at radius 3 is 2.79 bits per heavy atom. The molecule has 1 aromatic rings. The van der Waals surface area contributed by atoms with Gasteiger partial charge in [0.15, 0.2) is 0 Å². The van der Waals surface area contributed by atoms with E-state index in [-0.39, 0.29) is 6.61 Å². The van der Waals surface area contributed by atoms with Gasteiger partial charge in [-0.3, -0.25) is 4.68 Å². The van der Waals surface area contributed by atoms with Gasteiger partial charge in [0, 0.05) is 13.2 Å². The highest BCUT2D eigenvalue weighted by atomic mass is 16.3. The van der Waals surface area contributed by atoms with E-state index in [4.69, 9.17) is 5.11 Å². The molecule has 0 aliphatic heterocycles. The lowest BCUT2D eigenvalue weighted by molar-refractivity contribution is 0.194. The first-order valence-electron chi connectivity index (χ1n) is 4.93. The van der Waals surface area contributed by atoms with Crippen molar-refractivity contribution in [3.8, 4) is 0 Å². The maximum absolute atomic E-state index is 9.20. The van der Waals surface area contributed by atoms with Crippen LogP contribution in [0.5, 0.6) is 0 Å². The summed E-state index contributed by atoms with van der Waals surface area (Å²) in [5.41, 5.74) is 0.604. The van der Waals surface area contributed by atoms with Crippen LogP contribution in [0.15, 0.2) is 6.20 Å². The van der Waals surface area contributed by atoms with Crippen LogP contribution in [0.4, 0.5) is 0 Å². The molecule has 1 heterocycles. The monoisotopic (exact) mass is 199 g/mol.